The van der Waals surface area contributed by atoms with Gasteiger partial charge in [0, 0.05) is 30.4 Å². The van der Waals surface area contributed by atoms with E-state index in [-0.39, 0.29) is 6.54 Å². The summed E-state index contributed by atoms with van der Waals surface area (Å²) in [5.41, 5.74) is 1.74. The van der Waals surface area contributed by atoms with Gasteiger partial charge in [-0.05, 0) is 13.0 Å². The van der Waals surface area contributed by atoms with Crippen molar-refractivity contribution in [2.24, 2.45) is 0 Å². The highest BCUT2D eigenvalue weighted by Crippen LogP contribution is 2.24. The molecule has 144 valence electrons. The highest BCUT2D eigenvalue weighted by molar-refractivity contribution is 7.14. The fourth-order valence-corrected chi connectivity index (χ4v) is 3.04. The van der Waals surface area contributed by atoms with Crippen LogP contribution in [0.3, 0.4) is 0 Å². The van der Waals surface area contributed by atoms with Gasteiger partial charge < -0.3 is 9.64 Å². The molecular weight excluding hydrogens is 378 g/mol. The molecule has 0 aliphatic rings. The predicted octanol–water partition coefficient (Wildman–Crippen LogP) is 2.61. The second-order valence-electron chi connectivity index (χ2n) is 5.93. The van der Waals surface area contributed by atoms with Gasteiger partial charge in [-0.2, -0.15) is 0 Å². The maximum absolute atomic E-state index is 12.3. The summed E-state index contributed by atoms with van der Waals surface area (Å²) >= 11 is 1.31. The lowest BCUT2D eigenvalue weighted by Gasteiger charge is -2.17. The summed E-state index contributed by atoms with van der Waals surface area (Å²) in [7, 11) is 1.67. The molecule has 0 bridgehead atoms. The SMILES string of the molecule is CC(OC(=O)CN(C)c1ncccn1)C(=O)Nc1nc(-c2ccccc2)cs1. The summed E-state index contributed by atoms with van der Waals surface area (Å²) < 4.78 is 5.20. The highest BCUT2D eigenvalue weighted by atomic mass is 32.1. The topological polar surface area (TPSA) is 97.3 Å². The van der Waals surface area contributed by atoms with E-state index >= 15 is 0 Å². The van der Waals surface area contributed by atoms with Crippen LogP contribution in [0.4, 0.5) is 11.1 Å². The Hall–Kier alpha value is -3.33. The number of benzene rings is 1. The second kappa shape index (κ2) is 9.05. The fourth-order valence-electron chi connectivity index (χ4n) is 2.32. The van der Waals surface area contributed by atoms with Crippen LogP contribution < -0.4 is 10.2 Å². The molecule has 3 rings (SSSR count). The molecule has 0 spiro atoms. The average molecular weight is 397 g/mol. The Kier molecular flexibility index (Phi) is 6.28. The molecule has 0 saturated carbocycles. The number of amides is 1. The van der Waals surface area contributed by atoms with Gasteiger partial charge in [-0.1, -0.05) is 30.3 Å². The molecule has 1 amide bonds. The minimum absolute atomic E-state index is 0.0724. The van der Waals surface area contributed by atoms with Crippen LogP contribution in [0.25, 0.3) is 11.3 Å². The first-order valence-corrected chi connectivity index (χ1v) is 9.40. The highest BCUT2D eigenvalue weighted by Gasteiger charge is 2.20. The number of hydrogen-bond acceptors (Lipinski definition) is 8. The van der Waals surface area contributed by atoms with Gasteiger partial charge in [0.2, 0.25) is 5.95 Å². The van der Waals surface area contributed by atoms with E-state index in [0.29, 0.717) is 11.1 Å². The smallest absolute Gasteiger partial charge is 0.326 e. The summed E-state index contributed by atoms with van der Waals surface area (Å²) in [6, 6.07) is 11.3. The number of likely N-dealkylation sites (N-methyl/N-ethyl adjacent to an activating group) is 1. The largest absolute Gasteiger partial charge is 0.451 e. The number of hydrogen-bond donors (Lipinski definition) is 1. The third-order valence-electron chi connectivity index (χ3n) is 3.74. The lowest BCUT2D eigenvalue weighted by Crippen LogP contribution is -2.35. The van der Waals surface area contributed by atoms with Gasteiger partial charge in [-0.3, -0.25) is 14.9 Å². The molecule has 3 aromatic rings. The van der Waals surface area contributed by atoms with Crippen LogP contribution in [0.2, 0.25) is 0 Å². The molecule has 2 heterocycles. The van der Waals surface area contributed by atoms with Crippen molar-refractivity contribution in [1.82, 2.24) is 15.0 Å². The van der Waals surface area contributed by atoms with Crippen LogP contribution in [0.1, 0.15) is 6.92 Å². The van der Waals surface area contributed by atoms with Crippen molar-refractivity contribution in [3.63, 3.8) is 0 Å². The first kappa shape index (κ1) is 19.4. The van der Waals surface area contributed by atoms with E-state index in [2.05, 4.69) is 20.3 Å². The zero-order chi connectivity index (χ0) is 19.9. The minimum Gasteiger partial charge on any atom is -0.451 e. The van der Waals surface area contributed by atoms with Crippen molar-refractivity contribution in [2.75, 3.05) is 23.8 Å². The molecular formula is C19H19N5O3S. The number of anilines is 2. The van der Waals surface area contributed by atoms with E-state index in [0.717, 1.165) is 11.3 Å². The number of nitrogens with zero attached hydrogens (tertiary/aromatic N) is 4. The Morgan fingerprint density at radius 3 is 2.61 bits per heavy atom. The summed E-state index contributed by atoms with van der Waals surface area (Å²) in [5, 5.41) is 4.98. The van der Waals surface area contributed by atoms with E-state index in [1.165, 1.54) is 18.3 Å². The van der Waals surface area contributed by atoms with Crippen LogP contribution in [0, 0.1) is 0 Å². The second-order valence-corrected chi connectivity index (χ2v) is 6.79. The van der Waals surface area contributed by atoms with E-state index in [4.69, 9.17) is 4.74 Å². The van der Waals surface area contributed by atoms with Crippen molar-refractivity contribution in [3.8, 4) is 11.3 Å². The molecule has 0 fully saturated rings. The maximum atomic E-state index is 12.3. The summed E-state index contributed by atoms with van der Waals surface area (Å²) in [4.78, 5) is 38.4. The molecule has 1 aromatic carbocycles. The van der Waals surface area contributed by atoms with Gasteiger partial charge in [-0.15, -0.1) is 11.3 Å². The molecule has 2 aromatic heterocycles. The lowest BCUT2D eigenvalue weighted by molar-refractivity contribution is -0.151. The third kappa shape index (κ3) is 5.10. The molecule has 0 radical (unpaired) electrons. The van der Waals surface area contributed by atoms with Crippen molar-refractivity contribution in [3.05, 3.63) is 54.2 Å². The zero-order valence-corrected chi connectivity index (χ0v) is 16.2. The van der Waals surface area contributed by atoms with Gasteiger partial charge in [0.05, 0.1) is 5.69 Å². The van der Waals surface area contributed by atoms with E-state index in [1.807, 2.05) is 35.7 Å². The number of ether oxygens (including phenoxy) is 1. The third-order valence-corrected chi connectivity index (χ3v) is 4.50. The summed E-state index contributed by atoms with van der Waals surface area (Å²) in [6.07, 6.45) is 2.21. The molecule has 8 nitrogen and oxygen atoms in total. The van der Waals surface area contributed by atoms with Crippen LogP contribution in [0.15, 0.2) is 54.2 Å². The van der Waals surface area contributed by atoms with Crippen LogP contribution in [-0.2, 0) is 14.3 Å². The summed E-state index contributed by atoms with van der Waals surface area (Å²) in [6.45, 7) is 1.44. The number of esters is 1. The average Bonchev–Trinajstić information content (AvgIpc) is 3.17. The normalized spacial score (nSPS) is 11.5. The fraction of sp³-hybridized carbons (Fsp3) is 0.211. The Bertz CT molecular complexity index is 933. The Morgan fingerprint density at radius 2 is 1.89 bits per heavy atom. The van der Waals surface area contributed by atoms with Crippen LogP contribution in [-0.4, -0.2) is 46.5 Å². The van der Waals surface area contributed by atoms with Crippen molar-refractivity contribution in [1.29, 1.82) is 0 Å². The lowest BCUT2D eigenvalue weighted by atomic mass is 10.2. The number of aromatic nitrogens is 3. The molecule has 0 saturated heterocycles. The number of nitrogens with one attached hydrogen (secondary N) is 1. The molecule has 0 aliphatic carbocycles. The van der Waals surface area contributed by atoms with E-state index < -0.39 is 18.0 Å². The molecule has 28 heavy (non-hydrogen) atoms. The van der Waals surface area contributed by atoms with E-state index in [1.54, 1.807) is 30.4 Å². The Labute approximate surface area is 166 Å². The summed E-state index contributed by atoms with van der Waals surface area (Å²) in [5.74, 6) is -0.601. The number of thiazole rings is 1. The maximum Gasteiger partial charge on any atom is 0.326 e. The van der Waals surface area contributed by atoms with Gasteiger partial charge in [0.25, 0.3) is 5.91 Å². The first-order chi connectivity index (χ1) is 13.5. The zero-order valence-electron chi connectivity index (χ0n) is 15.4. The van der Waals surface area contributed by atoms with Crippen molar-refractivity contribution >= 4 is 34.3 Å². The molecule has 0 aliphatic heterocycles. The number of carbonyl (C=O) groups excluding carboxylic acids is 2. The molecule has 9 heteroatoms. The molecule has 1 atom stereocenters. The number of rotatable bonds is 7. The van der Waals surface area contributed by atoms with Crippen LogP contribution in [0.5, 0.6) is 0 Å². The van der Waals surface area contributed by atoms with E-state index in [9.17, 15) is 9.59 Å². The van der Waals surface area contributed by atoms with Crippen molar-refractivity contribution in [2.45, 2.75) is 13.0 Å². The van der Waals surface area contributed by atoms with Gasteiger partial charge in [0.1, 0.15) is 6.54 Å². The first-order valence-electron chi connectivity index (χ1n) is 8.52. The molecule has 1 N–H and O–H groups in total. The van der Waals surface area contributed by atoms with Gasteiger partial charge >= 0.3 is 5.97 Å². The monoisotopic (exact) mass is 397 g/mol. The van der Waals surface area contributed by atoms with Gasteiger partial charge in [-0.25, -0.2) is 15.0 Å². The Morgan fingerprint density at radius 1 is 1.18 bits per heavy atom. The standard InChI is InChI=1S/C19H19N5O3S/c1-13(27-16(25)11-24(2)18-20-9-6-10-21-18)17(26)23-19-22-15(12-28-19)14-7-4-3-5-8-14/h3-10,12-13H,11H2,1-2H3,(H,22,23,26). The number of carbonyl (C=O) groups is 2. The quantitative estimate of drug-likeness (QED) is 0.612. The van der Waals surface area contributed by atoms with Crippen molar-refractivity contribution < 1.29 is 14.3 Å². The Balaban J connectivity index is 1.52. The molecule has 1 unspecified atom stereocenters. The van der Waals surface area contributed by atoms with Crippen LogP contribution >= 0.6 is 11.3 Å². The van der Waals surface area contributed by atoms with Gasteiger partial charge in [0.15, 0.2) is 11.2 Å². The minimum atomic E-state index is -0.957. The predicted molar refractivity (Wildman–Crippen MR) is 107 cm³/mol.